The molecule has 4 rings (SSSR count). The third-order valence-corrected chi connectivity index (χ3v) is 5.33. The summed E-state index contributed by atoms with van der Waals surface area (Å²) in [6.45, 7) is 1.53. The SMILES string of the molecule is Cn1c(=O)n(C)c2cc(NC(=O)C3(n4cccn4)CCNCC3)ccc21. The Bertz CT molecular complexity index is 1010. The number of imidazole rings is 1. The molecule has 0 radical (unpaired) electrons. The number of fused-ring (bicyclic) bond motifs is 1. The highest BCUT2D eigenvalue weighted by Gasteiger charge is 2.42. The van der Waals surface area contributed by atoms with Gasteiger partial charge in [0.05, 0.1) is 11.0 Å². The van der Waals surface area contributed by atoms with Gasteiger partial charge in [-0.1, -0.05) is 0 Å². The van der Waals surface area contributed by atoms with E-state index in [1.54, 1.807) is 34.1 Å². The first kappa shape index (κ1) is 16.6. The Morgan fingerprint density at radius 2 is 1.92 bits per heavy atom. The van der Waals surface area contributed by atoms with E-state index in [1.807, 2.05) is 30.5 Å². The molecule has 1 aliphatic rings. The van der Waals surface area contributed by atoms with Crippen molar-refractivity contribution in [2.45, 2.75) is 18.4 Å². The molecule has 2 N–H and O–H groups in total. The fourth-order valence-electron chi connectivity index (χ4n) is 3.75. The van der Waals surface area contributed by atoms with Crippen molar-refractivity contribution >= 4 is 22.6 Å². The standard InChI is InChI=1S/C18H22N6O2/c1-22-14-5-4-13(12-15(14)23(2)17(22)26)21-16(25)18(6-9-19-10-7-18)24-11-3-8-20-24/h3-5,8,11-12,19H,6-7,9-10H2,1-2H3,(H,21,25). The van der Waals surface area contributed by atoms with Crippen LogP contribution in [-0.4, -0.2) is 37.9 Å². The van der Waals surface area contributed by atoms with E-state index < -0.39 is 5.54 Å². The van der Waals surface area contributed by atoms with Crippen LogP contribution in [0.4, 0.5) is 5.69 Å². The average molecular weight is 354 g/mol. The van der Waals surface area contributed by atoms with Gasteiger partial charge in [-0.05, 0) is 50.2 Å². The van der Waals surface area contributed by atoms with Crippen LogP contribution in [0.15, 0.2) is 41.5 Å². The van der Waals surface area contributed by atoms with Crippen LogP contribution in [0, 0.1) is 0 Å². The van der Waals surface area contributed by atoms with Gasteiger partial charge in [0.1, 0.15) is 5.54 Å². The van der Waals surface area contributed by atoms with E-state index in [4.69, 9.17) is 0 Å². The summed E-state index contributed by atoms with van der Waals surface area (Å²) in [6, 6.07) is 7.36. The van der Waals surface area contributed by atoms with Crippen molar-refractivity contribution in [3.8, 4) is 0 Å². The molecular weight excluding hydrogens is 332 g/mol. The molecule has 0 unspecified atom stereocenters. The number of nitrogens with one attached hydrogen (secondary N) is 2. The topological polar surface area (TPSA) is 85.9 Å². The van der Waals surface area contributed by atoms with Gasteiger partial charge in [0.2, 0.25) is 0 Å². The number of hydrogen-bond donors (Lipinski definition) is 2. The van der Waals surface area contributed by atoms with Gasteiger partial charge in [-0.15, -0.1) is 0 Å². The molecule has 0 aliphatic carbocycles. The van der Waals surface area contributed by atoms with E-state index in [-0.39, 0.29) is 11.6 Å². The van der Waals surface area contributed by atoms with Crippen molar-refractivity contribution in [2.24, 2.45) is 14.1 Å². The maximum Gasteiger partial charge on any atom is 0.328 e. The van der Waals surface area contributed by atoms with Crippen LogP contribution in [0.2, 0.25) is 0 Å². The first-order chi connectivity index (χ1) is 12.5. The molecule has 3 aromatic rings. The average Bonchev–Trinajstić information content (AvgIpc) is 3.27. The fraction of sp³-hybridized carbons (Fsp3) is 0.389. The molecule has 136 valence electrons. The summed E-state index contributed by atoms with van der Waals surface area (Å²) < 4.78 is 4.94. The van der Waals surface area contributed by atoms with Crippen LogP contribution >= 0.6 is 0 Å². The molecule has 8 heteroatoms. The lowest BCUT2D eigenvalue weighted by Gasteiger charge is -2.36. The van der Waals surface area contributed by atoms with E-state index >= 15 is 0 Å². The first-order valence-corrected chi connectivity index (χ1v) is 8.71. The lowest BCUT2D eigenvalue weighted by molar-refractivity contribution is -0.126. The van der Waals surface area contributed by atoms with Crippen LogP contribution in [-0.2, 0) is 24.4 Å². The van der Waals surface area contributed by atoms with Gasteiger partial charge in [-0.25, -0.2) is 4.79 Å². The number of piperidine rings is 1. The predicted octanol–water partition coefficient (Wildman–Crippen LogP) is 0.791. The molecule has 0 atom stereocenters. The van der Waals surface area contributed by atoms with Gasteiger partial charge in [-0.3, -0.25) is 18.6 Å². The number of carbonyl (C=O) groups excluding carboxylic acids is 1. The Hall–Kier alpha value is -2.87. The zero-order valence-electron chi connectivity index (χ0n) is 14.9. The van der Waals surface area contributed by atoms with Gasteiger partial charge in [0.15, 0.2) is 0 Å². The maximum absolute atomic E-state index is 13.2. The molecule has 0 spiro atoms. The van der Waals surface area contributed by atoms with Crippen LogP contribution in [0.3, 0.4) is 0 Å². The Kier molecular flexibility index (Phi) is 3.91. The molecule has 8 nitrogen and oxygen atoms in total. The minimum atomic E-state index is -0.702. The molecule has 1 fully saturated rings. The van der Waals surface area contributed by atoms with Crippen molar-refractivity contribution in [3.05, 3.63) is 47.1 Å². The maximum atomic E-state index is 13.2. The monoisotopic (exact) mass is 354 g/mol. The zero-order chi connectivity index (χ0) is 18.3. The van der Waals surface area contributed by atoms with E-state index in [0.29, 0.717) is 18.5 Å². The van der Waals surface area contributed by atoms with Gasteiger partial charge >= 0.3 is 5.69 Å². The smallest absolute Gasteiger partial charge is 0.324 e. The van der Waals surface area contributed by atoms with Crippen molar-refractivity contribution in [1.29, 1.82) is 0 Å². The number of nitrogens with zero attached hydrogens (tertiary/aromatic N) is 4. The van der Waals surface area contributed by atoms with E-state index in [0.717, 1.165) is 24.1 Å². The number of carbonyl (C=O) groups is 1. The van der Waals surface area contributed by atoms with Crippen molar-refractivity contribution in [3.63, 3.8) is 0 Å². The second kappa shape index (κ2) is 6.14. The molecule has 3 heterocycles. The second-order valence-electron chi connectivity index (χ2n) is 6.79. The number of anilines is 1. The van der Waals surface area contributed by atoms with E-state index in [9.17, 15) is 9.59 Å². The lowest BCUT2D eigenvalue weighted by Crippen LogP contribution is -2.52. The van der Waals surface area contributed by atoms with E-state index in [1.165, 1.54) is 0 Å². The first-order valence-electron chi connectivity index (χ1n) is 8.71. The summed E-state index contributed by atoms with van der Waals surface area (Å²) in [4.78, 5) is 25.3. The minimum absolute atomic E-state index is 0.0806. The summed E-state index contributed by atoms with van der Waals surface area (Å²) in [6.07, 6.45) is 4.89. The molecule has 2 aromatic heterocycles. The molecular formula is C18H22N6O2. The predicted molar refractivity (Wildman–Crippen MR) is 99.1 cm³/mol. The highest BCUT2D eigenvalue weighted by Crippen LogP contribution is 2.29. The second-order valence-corrected chi connectivity index (χ2v) is 6.79. The summed E-state index contributed by atoms with van der Waals surface area (Å²) in [5, 5.41) is 10.7. The quantitative estimate of drug-likeness (QED) is 0.728. The molecule has 1 saturated heterocycles. The highest BCUT2D eigenvalue weighted by molar-refractivity contribution is 5.98. The molecule has 1 aliphatic heterocycles. The zero-order valence-corrected chi connectivity index (χ0v) is 14.9. The number of benzene rings is 1. The number of hydrogen-bond acceptors (Lipinski definition) is 4. The largest absolute Gasteiger partial charge is 0.328 e. The van der Waals surface area contributed by atoms with Crippen molar-refractivity contribution < 1.29 is 4.79 Å². The molecule has 0 bridgehead atoms. The molecule has 1 aromatic carbocycles. The van der Waals surface area contributed by atoms with Crippen molar-refractivity contribution in [1.82, 2.24) is 24.2 Å². The Labute approximate surface area is 150 Å². The molecule has 26 heavy (non-hydrogen) atoms. The Morgan fingerprint density at radius 1 is 1.19 bits per heavy atom. The van der Waals surface area contributed by atoms with Crippen molar-refractivity contribution in [2.75, 3.05) is 18.4 Å². The normalized spacial score (nSPS) is 16.7. The van der Waals surface area contributed by atoms with Gasteiger partial charge in [0, 0.05) is 32.2 Å². The Morgan fingerprint density at radius 3 is 2.62 bits per heavy atom. The third-order valence-electron chi connectivity index (χ3n) is 5.33. The highest BCUT2D eigenvalue weighted by atomic mass is 16.2. The summed E-state index contributed by atoms with van der Waals surface area (Å²) in [5.41, 5.74) is 1.50. The number of aryl methyl sites for hydroxylation is 2. The summed E-state index contributed by atoms with van der Waals surface area (Å²) >= 11 is 0. The third kappa shape index (κ3) is 2.45. The van der Waals surface area contributed by atoms with Crippen LogP contribution in [0.1, 0.15) is 12.8 Å². The van der Waals surface area contributed by atoms with Gasteiger partial charge in [-0.2, -0.15) is 5.10 Å². The lowest BCUT2D eigenvalue weighted by atomic mass is 9.87. The van der Waals surface area contributed by atoms with Crippen LogP contribution in [0.25, 0.3) is 11.0 Å². The number of amides is 1. The summed E-state index contributed by atoms with van der Waals surface area (Å²) in [5.74, 6) is -0.0806. The Balaban J connectivity index is 1.69. The van der Waals surface area contributed by atoms with Crippen LogP contribution in [0.5, 0.6) is 0 Å². The summed E-state index contributed by atoms with van der Waals surface area (Å²) in [7, 11) is 3.47. The van der Waals surface area contributed by atoms with Crippen LogP contribution < -0.4 is 16.3 Å². The minimum Gasteiger partial charge on any atom is -0.324 e. The van der Waals surface area contributed by atoms with Gasteiger partial charge in [0.25, 0.3) is 5.91 Å². The number of aromatic nitrogens is 4. The number of rotatable bonds is 3. The van der Waals surface area contributed by atoms with Gasteiger partial charge < -0.3 is 10.6 Å². The molecule has 1 amide bonds. The molecule has 0 saturated carbocycles. The van der Waals surface area contributed by atoms with E-state index in [2.05, 4.69) is 15.7 Å². The fourth-order valence-corrected chi connectivity index (χ4v) is 3.75.